The predicted molar refractivity (Wildman–Crippen MR) is 135 cm³/mol. The molecule has 9 heteroatoms. The zero-order chi connectivity index (χ0) is 25.7. The van der Waals surface area contributed by atoms with Crippen LogP contribution in [0, 0.1) is 0 Å². The molecule has 1 amide bonds. The molecule has 186 valence electrons. The lowest BCUT2D eigenvalue weighted by Crippen LogP contribution is -2.45. The van der Waals surface area contributed by atoms with Crippen LogP contribution in [0.3, 0.4) is 0 Å². The second-order valence-electron chi connectivity index (χ2n) is 9.30. The van der Waals surface area contributed by atoms with Crippen LogP contribution in [-0.4, -0.2) is 38.2 Å². The number of imidazole rings is 1. The third-order valence-corrected chi connectivity index (χ3v) is 5.27. The number of pyridine rings is 1. The van der Waals surface area contributed by atoms with Gasteiger partial charge in [0.2, 0.25) is 0 Å². The fraction of sp³-hybridized carbons (Fsp3) is 0.259. The summed E-state index contributed by atoms with van der Waals surface area (Å²) in [7, 11) is 0. The molecule has 0 saturated carbocycles. The SMILES string of the molecule is CC(C)(C)OC(=O)C(Cc1ccc(-n2c(=O)[nH]c3cccnc32)cc1)NC(=O)OCc1ccccc1. The van der Waals surface area contributed by atoms with Gasteiger partial charge in [0.05, 0.1) is 11.2 Å². The molecule has 2 heterocycles. The van der Waals surface area contributed by atoms with Gasteiger partial charge in [-0.05, 0) is 56.2 Å². The Hall–Kier alpha value is -4.40. The van der Waals surface area contributed by atoms with Crippen molar-refractivity contribution in [1.29, 1.82) is 0 Å². The monoisotopic (exact) mass is 488 g/mol. The highest BCUT2D eigenvalue weighted by atomic mass is 16.6. The van der Waals surface area contributed by atoms with Crippen molar-refractivity contribution in [2.24, 2.45) is 0 Å². The zero-order valence-electron chi connectivity index (χ0n) is 20.4. The number of fused-ring (bicyclic) bond motifs is 1. The summed E-state index contributed by atoms with van der Waals surface area (Å²) in [5, 5.41) is 2.63. The number of esters is 1. The van der Waals surface area contributed by atoms with Gasteiger partial charge >= 0.3 is 17.8 Å². The van der Waals surface area contributed by atoms with Crippen LogP contribution in [0.15, 0.2) is 77.7 Å². The summed E-state index contributed by atoms with van der Waals surface area (Å²) in [4.78, 5) is 44.9. The lowest BCUT2D eigenvalue weighted by Gasteiger charge is -2.24. The van der Waals surface area contributed by atoms with E-state index in [0.717, 1.165) is 11.1 Å². The van der Waals surface area contributed by atoms with E-state index < -0.39 is 23.7 Å². The van der Waals surface area contributed by atoms with Gasteiger partial charge in [0.1, 0.15) is 18.2 Å². The van der Waals surface area contributed by atoms with Gasteiger partial charge in [0.15, 0.2) is 5.65 Å². The number of hydrogen-bond donors (Lipinski definition) is 2. The number of nitrogens with zero attached hydrogens (tertiary/aromatic N) is 2. The molecule has 9 nitrogen and oxygen atoms in total. The van der Waals surface area contributed by atoms with E-state index in [-0.39, 0.29) is 18.7 Å². The number of carbonyl (C=O) groups is 2. The quantitative estimate of drug-likeness (QED) is 0.381. The summed E-state index contributed by atoms with van der Waals surface area (Å²) in [6.45, 7) is 5.36. The van der Waals surface area contributed by atoms with Crippen LogP contribution in [0.1, 0.15) is 31.9 Å². The van der Waals surface area contributed by atoms with Crippen molar-refractivity contribution < 1.29 is 19.1 Å². The largest absolute Gasteiger partial charge is 0.458 e. The van der Waals surface area contributed by atoms with E-state index in [1.165, 1.54) is 4.57 Å². The number of carbonyl (C=O) groups excluding carboxylic acids is 2. The van der Waals surface area contributed by atoms with Gasteiger partial charge in [0, 0.05) is 12.6 Å². The molecule has 1 atom stereocenters. The molecule has 36 heavy (non-hydrogen) atoms. The summed E-state index contributed by atoms with van der Waals surface area (Å²) in [5.41, 5.74) is 2.35. The first-order valence-electron chi connectivity index (χ1n) is 11.5. The molecule has 0 saturated heterocycles. The van der Waals surface area contributed by atoms with E-state index in [4.69, 9.17) is 9.47 Å². The Balaban J connectivity index is 1.49. The van der Waals surface area contributed by atoms with Crippen LogP contribution in [0.25, 0.3) is 16.9 Å². The third-order valence-electron chi connectivity index (χ3n) is 5.27. The molecular weight excluding hydrogens is 460 g/mol. The number of benzene rings is 2. The van der Waals surface area contributed by atoms with Gasteiger partial charge in [-0.2, -0.15) is 0 Å². The van der Waals surface area contributed by atoms with Crippen molar-refractivity contribution in [2.45, 2.75) is 45.4 Å². The van der Waals surface area contributed by atoms with Crippen molar-refractivity contribution in [3.05, 3.63) is 94.5 Å². The Labute approximate surface area is 208 Å². The number of alkyl carbamates (subject to hydrolysis) is 1. The molecule has 0 spiro atoms. The van der Waals surface area contributed by atoms with Gasteiger partial charge in [-0.3, -0.25) is 0 Å². The first-order chi connectivity index (χ1) is 17.2. The van der Waals surface area contributed by atoms with Crippen LogP contribution in [0.4, 0.5) is 4.79 Å². The number of nitrogens with one attached hydrogen (secondary N) is 2. The molecule has 0 aliphatic carbocycles. The molecular formula is C27H28N4O5. The highest BCUT2D eigenvalue weighted by molar-refractivity contribution is 5.82. The molecule has 2 N–H and O–H groups in total. The number of rotatable bonds is 7. The van der Waals surface area contributed by atoms with E-state index in [9.17, 15) is 14.4 Å². The minimum Gasteiger partial charge on any atom is -0.458 e. The lowest BCUT2D eigenvalue weighted by atomic mass is 10.0. The maximum Gasteiger partial charge on any atom is 0.408 e. The molecule has 0 radical (unpaired) electrons. The number of amides is 1. The average Bonchev–Trinajstić information content (AvgIpc) is 3.18. The highest BCUT2D eigenvalue weighted by Crippen LogP contribution is 2.16. The van der Waals surface area contributed by atoms with Crippen molar-refractivity contribution in [2.75, 3.05) is 0 Å². The second-order valence-corrected chi connectivity index (χ2v) is 9.30. The second kappa shape index (κ2) is 10.5. The first kappa shape index (κ1) is 24.7. The van der Waals surface area contributed by atoms with E-state index >= 15 is 0 Å². The molecule has 0 aliphatic rings. The van der Waals surface area contributed by atoms with Crippen LogP contribution in [0.5, 0.6) is 0 Å². The van der Waals surface area contributed by atoms with Crippen LogP contribution < -0.4 is 11.0 Å². The number of aromatic amines is 1. The Morgan fingerprint density at radius 1 is 1.00 bits per heavy atom. The zero-order valence-corrected chi connectivity index (χ0v) is 20.4. The van der Waals surface area contributed by atoms with Gasteiger partial charge in [-0.1, -0.05) is 42.5 Å². The minimum absolute atomic E-state index is 0.0792. The molecule has 4 rings (SSSR count). The van der Waals surface area contributed by atoms with Gasteiger partial charge in [-0.15, -0.1) is 0 Å². The van der Waals surface area contributed by atoms with Crippen LogP contribution in [-0.2, 0) is 27.3 Å². The number of ether oxygens (including phenoxy) is 2. The molecule has 0 bridgehead atoms. The minimum atomic E-state index is -0.962. The molecule has 2 aromatic carbocycles. The summed E-state index contributed by atoms with van der Waals surface area (Å²) >= 11 is 0. The fourth-order valence-corrected chi connectivity index (χ4v) is 3.67. The Kier molecular flexibility index (Phi) is 7.19. The van der Waals surface area contributed by atoms with E-state index in [2.05, 4.69) is 15.3 Å². The maximum atomic E-state index is 12.9. The topological polar surface area (TPSA) is 115 Å². The molecule has 1 unspecified atom stereocenters. The van der Waals surface area contributed by atoms with Crippen molar-refractivity contribution in [1.82, 2.24) is 19.9 Å². The average molecular weight is 489 g/mol. The number of aromatic nitrogens is 3. The normalized spacial score (nSPS) is 12.2. The smallest absolute Gasteiger partial charge is 0.408 e. The maximum absolute atomic E-state index is 12.9. The summed E-state index contributed by atoms with van der Waals surface area (Å²) in [6, 6.07) is 18.9. The fourth-order valence-electron chi connectivity index (χ4n) is 3.67. The lowest BCUT2D eigenvalue weighted by molar-refractivity contribution is -0.157. The Bertz CT molecular complexity index is 1400. The first-order valence-corrected chi connectivity index (χ1v) is 11.5. The third kappa shape index (κ3) is 6.18. The number of H-pyrrole nitrogens is 1. The summed E-state index contributed by atoms with van der Waals surface area (Å²) in [6.07, 6.45) is 1.08. The standard InChI is InChI=1S/C27H28N4O5/c1-27(2,3)36-24(32)22(30-26(34)35-17-19-8-5-4-6-9-19)16-18-11-13-20(14-12-18)31-23-21(29-25(31)33)10-7-15-28-23/h4-15,22H,16-17H2,1-3H3,(H,29,33)(H,30,34). The summed E-state index contributed by atoms with van der Waals surface area (Å²) in [5.74, 6) is -0.569. The number of hydrogen-bond acceptors (Lipinski definition) is 6. The van der Waals surface area contributed by atoms with Crippen molar-refractivity contribution in [3.8, 4) is 5.69 Å². The highest BCUT2D eigenvalue weighted by Gasteiger charge is 2.27. The van der Waals surface area contributed by atoms with Crippen LogP contribution in [0.2, 0.25) is 0 Å². The van der Waals surface area contributed by atoms with Crippen molar-refractivity contribution >= 4 is 23.2 Å². The molecule has 4 aromatic rings. The van der Waals surface area contributed by atoms with E-state index in [0.29, 0.717) is 16.9 Å². The van der Waals surface area contributed by atoms with Crippen molar-refractivity contribution in [3.63, 3.8) is 0 Å². The predicted octanol–water partition coefficient (Wildman–Crippen LogP) is 3.89. The molecule has 0 aliphatic heterocycles. The van der Waals surface area contributed by atoms with Gasteiger partial charge < -0.3 is 19.8 Å². The Morgan fingerprint density at radius 2 is 1.72 bits per heavy atom. The summed E-state index contributed by atoms with van der Waals surface area (Å²) < 4.78 is 12.3. The van der Waals surface area contributed by atoms with Gasteiger partial charge in [0.25, 0.3) is 0 Å². The van der Waals surface area contributed by atoms with E-state index in [1.807, 2.05) is 30.3 Å². The Morgan fingerprint density at radius 3 is 2.42 bits per heavy atom. The molecule has 0 fully saturated rings. The van der Waals surface area contributed by atoms with Gasteiger partial charge in [-0.25, -0.2) is 23.9 Å². The van der Waals surface area contributed by atoms with E-state index in [1.54, 1.807) is 63.4 Å². The molecule has 2 aromatic heterocycles. The van der Waals surface area contributed by atoms with Crippen LogP contribution >= 0.6 is 0 Å².